The van der Waals surface area contributed by atoms with Crippen LogP contribution >= 0.6 is 0 Å². The Balaban J connectivity index is 2.33. The van der Waals surface area contributed by atoms with Crippen molar-refractivity contribution >= 4 is 0 Å². The third-order valence-electron chi connectivity index (χ3n) is 4.40. The summed E-state index contributed by atoms with van der Waals surface area (Å²) in [5.41, 5.74) is 3.31. The Morgan fingerprint density at radius 3 is 2.47 bits per heavy atom. The van der Waals surface area contributed by atoms with Crippen molar-refractivity contribution in [3.63, 3.8) is 0 Å². The highest BCUT2D eigenvalue weighted by atomic mass is 19.1. The molecular formula is C17H26FN. The first kappa shape index (κ1) is 14.5. The summed E-state index contributed by atoms with van der Waals surface area (Å²) >= 11 is 0. The van der Waals surface area contributed by atoms with Crippen molar-refractivity contribution in [2.45, 2.75) is 53.5 Å². The van der Waals surface area contributed by atoms with E-state index in [1.807, 2.05) is 13.8 Å². The van der Waals surface area contributed by atoms with Gasteiger partial charge in [0.25, 0.3) is 0 Å². The zero-order chi connectivity index (χ0) is 14.2. The summed E-state index contributed by atoms with van der Waals surface area (Å²) in [6.45, 7) is 11.6. The molecule has 2 unspecified atom stereocenters. The van der Waals surface area contributed by atoms with Crippen molar-refractivity contribution in [1.29, 1.82) is 0 Å². The first-order valence-electron chi connectivity index (χ1n) is 7.37. The van der Waals surface area contributed by atoms with Crippen LogP contribution < -0.4 is 5.32 Å². The summed E-state index contributed by atoms with van der Waals surface area (Å²) in [4.78, 5) is 0. The molecule has 1 aromatic rings. The van der Waals surface area contributed by atoms with E-state index in [9.17, 15) is 4.39 Å². The lowest BCUT2D eigenvalue weighted by atomic mass is 9.92. The second-order valence-electron chi connectivity index (χ2n) is 6.71. The van der Waals surface area contributed by atoms with Crippen LogP contribution in [0, 0.1) is 31.0 Å². The Morgan fingerprint density at radius 2 is 2.00 bits per heavy atom. The smallest absolute Gasteiger partial charge is 0.128 e. The highest BCUT2D eigenvalue weighted by molar-refractivity contribution is 5.36. The van der Waals surface area contributed by atoms with Crippen LogP contribution in [0.3, 0.4) is 0 Å². The van der Waals surface area contributed by atoms with Gasteiger partial charge in [0.15, 0.2) is 0 Å². The number of aryl methyl sites for hydroxylation is 2. The fraction of sp³-hybridized carbons (Fsp3) is 0.647. The van der Waals surface area contributed by atoms with Crippen LogP contribution in [0.4, 0.5) is 4.39 Å². The summed E-state index contributed by atoms with van der Waals surface area (Å²) in [5.74, 6) is 0.503. The summed E-state index contributed by atoms with van der Waals surface area (Å²) in [7, 11) is 0. The van der Waals surface area contributed by atoms with Crippen molar-refractivity contribution in [1.82, 2.24) is 5.32 Å². The highest BCUT2D eigenvalue weighted by Gasteiger charge is 2.51. The first-order valence-corrected chi connectivity index (χ1v) is 7.37. The Kier molecular flexibility index (Phi) is 4.00. The van der Waals surface area contributed by atoms with Crippen molar-refractivity contribution in [2.24, 2.45) is 11.3 Å². The summed E-state index contributed by atoms with van der Waals surface area (Å²) in [6, 6.07) is 3.92. The van der Waals surface area contributed by atoms with Crippen molar-refractivity contribution in [3.05, 3.63) is 34.6 Å². The van der Waals surface area contributed by atoms with E-state index in [1.54, 1.807) is 6.07 Å². The van der Waals surface area contributed by atoms with Crippen LogP contribution in [0.2, 0.25) is 0 Å². The minimum absolute atomic E-state index is 0.0474. The first-order chi connectivity index (χ1) is 8.86. The Hall–Kier alpha value is -0.890. The van der Waals surface area contributed by atoms with Crippen molar-refractivity contribution < 1.29 is 4.39 Å². The maximum Gasteiger partial charge on any atom is 0.128 e. The van der Waals surface area contributed by atoms with E-state index in [2.05, 4.69) is 32.2 Å². The number of nitrogens with one attached hydrogen (secondary N) is 1. The normalized spacial score (nSPS) is 22.3. The standard InChI is InChI=1S/C17H26FN/c1-6-7-19-16(13-10-17(13,4)5)15-12(3)8-11(2)9-14(15)18/h8-9,13,16,19H,6-7,10H2,1-5H3. The van der Waals surface area contributed by atoms with Gasteiger partial charge in [-0.3, -0.25) is 0 Å². The molecular weight excluding hydrogens is 237 g/mol. The average Bonchev–Trinajstić information content (AvgIpc) is 2.91. The Labute approximate surface area is 116 Å². The molecule has 19 heavy (non-hydrogen) atoms. The molecule has 0 saturated heterocycles. The van der Waals surface area contributed by atoms with Gasteiger partial charge in [0.05, 0.1) is 0 Å². The average molecular weight is 263 g/mol. The third kappa shape index (κ3) is 3.00. The van der Waals surface area contributed by atoms with Gasteiger partial charge in [-0.2, -0.15) is 0 Å². The third-order valence-corrected chi connectivity index (χ3v) is 4.40. The SMILES string of the molecule is CCCNC(c1c(C)cc(C)cc1F)C1CC1(C)C. The lowest BCUT2D eigenvalue weighted by Crippen LogP contribution is -2.27. The monoisotopic (exact) mass is 263 g/mol. The maximum absolute atomic E-state index is 14.4. The molecule has 106 valence electrons. The lowest BCUT2D eigenvalue weighted by Gasteiger charge is -2.23. The molecule has 0 amide bonds. The quantitative estimate of drug-likeness (QED) is 0.823. The molecule has 1 fully saturated rings. The maximum atomic E-state index is 14.4. The zero-order valence-electron chi connectivity index (χ0n) is 12.8. The van der Waals surface area contributed by atoms with Crippen LogP contribution in [0.5, 0.6) is 0 Å². The van der Waals surface area contributed by atoms with Gasteiger partial charge >= 0.3 is 0 Å². The van der Waals surface area contributed by atoms with Gasteiger partial charge in [0.1, 0.15) is 5.82 Å². The van der Waals surface area contributed by atoms with E-state index >= 15 is 0 Å². The molecule has 0 aromatic heterocycles. The van der Waals surface area contributed by atoms with Crippen LogP contribution in [0.25, 0.3) is 0 Å². The largest absolute Gasteiger partial charge is 0.310 e. The minimum atomic E-state index is -0.0474. The molecule has 1 N–H and O–H groups in total. The molecule has 2 heteroatoms. The molecule has 1 aromatic carbocycles. The summed E-state index contributed by atoms with van der Waals surface area (Å²) in [5, 5.41) is 3.56. The topological polar surface area (TPSA) is 12.0 Å². The van der Waals surface area contributed by atoms with Crippen LogP contribution in [-0.4, -0.2) is 6.54 Å². The lowest BCUT2D eigenvalue weighted by molar-refractivity contribution is 0.401. The fourth-order valence-electron chi connectivity index (χ4n) is 3.14. The number of rotatable bonds is 5. The molecule has 0 heterocycles. The summed E-state index contributed by atoms with van der Waals surface area (Å²) < 4.78 is 14.4. The number of benzene rings is 1. The fourth-order valence-corrected chi connectivity index (χ4v) is 3.14. The van der Waals surface area contributed by atoms with Crippen molar-refractivity contribution in [2.75, 3.05) is 6.54 Å². The molecule has 0 radical (unpaired) electrons. The number of hydrogen-bond acceptors (Lipinski definition) is 1. The van der Waals surface area contributed by atoms with Crippen LogP contribution in [0.15, 0.2) is 12.1 Å². The van der Waals surface area contributed by atoms with E-state index in [1.165, 1.54) is 6.42 Å². The molecule has 1 nitrogen and oxygen atoms in total. The summed E-state index contributed by atoms with van der Waals surface area (Å²) in [6.07, 6.45) is 2.26. The van der Waals surface area contributed by atoms with Gasteiger partial charge in [-0.1, -0.05) is 26.8 Å². The number of halogens is 1. The van der Waals surface area contributed by atoms with Gasteiger partial charge < -0.3 is 5.32 Å². The zero-order valence-corrected chi connectivity index (χ0v) is 12.8. The van der Waals surface area contributed by atoms with E-state index in [0.717, 1.165) is 29.7 Å². The molecule has 1 aliphatic carbocycles. The Morgan fingerprint density at radius 1 is 1.37 bits per heavy atom. The van der Waals surface area contributed by atoms with Crippen LogP contribution in [-0.2, 0) is 0 Å². The van der Waals surface area contributed by atoms with Gasteiger partial charge in [-0.25, -0.2) is 4.39 Å². The molecule has 1 saturated carbocycles. The highest BCUT2D eigenvalue weighted by Crippen LogP contribution is 2.58. The number of hydrogen-bond donors (Lipinski definition) is 1. The molecule has 0 spiro atoms. The molecule has 0 aliphatic heterocycles. The van der Waals surface area contributed by atoms with Gasteiger partial charge in [0.2, 0.25) is 0 Å². The molecule has 0 bridgehead atoms. The molecule has 2 atom stereocenters. The van der Waals surface area contributed by atoms with E-state index < -0.39 is 0 Å². The second-order valence-corrected chi connectivity index (χ2v) is 6.71. The van der Waals surface area contributed by atoms with Crippen molar-refractivity contribution in [3.8, 4) is 0 Å². The van der Waals surface area contributed by atoms with Gasteiger partial charge in [-0.05, 0) is 61.8 Å². The molecule has 2 rings (SSSR count). The second kappa shape index (κ2) is 5.24. The molecule has 1 aliphatic rings. The van der Waals surface area contributed by atoms with E-state index in [4.69, 9.17) is 0 Å². The predicted molar refractivity (Wildman–Crippen MR) is 78.8 cm³/mol. The van der Waals surface area contributed by atoms with Gasteiger partial charge in [0, 0.05) is 11.6 Å². The van der Waals surface area contributed by atoms with E-state index in [-0.39, 0.29) is 11.9 Å². The van der Waals surface area contributed by atoms with E-state index in [0.29, 0.717) is 11.3 Å². The minimum Gasteiger partial charge on any atom is -0.310 e. The predicted octanol–water partition coefficient (Wildman–Crippen LogP) is 4.53. The van der Waals surface area contributed by atoms with Crippen LogP contribution in [0.1, 0.15) is 56.3 Å². The Bertz CT molecular complexity index is 441. The van der Waals surface area contributed by atoms with Gasteiger partial charge in [-0.15, -0.1) is 0 Å².